The van der Waals surface area contributed by atoms with E-state index in [9.17, 15) is 9.18 Å². The summed E-state index contributed by atoms with van der Waals surface area (Å²) in [6.45, 7) is 2.73. The van der Waals surface area contributed by atoms with Crippen LogP contribution in [0.5, 0.6) is 0 Å². The lowest BCUT2D eigenvalue weighted by Gasteiger charge is -2.10. The van der Waals surface area contributed by atoms with Gasteiger partial charge in [0.1, 0.15) is 11.6 Å². The summed E-state index contributed by atoms with van der Waals surface area (Å²) in [7, 11) is 1.53. The van der Waals surface area contributed by atoms with Crippen LogP contribution in [0, 0.1) is 12.7 Å². The van der Waals surface area contributed by atoms with Crippen LogP contribution in [0.25, 0.3) is 10.1 Å². The molecule has 0 spiro atoms. The average Bonchev–Trinajstić information content (AvgIpc) is 3.29. The number of carbonyl (C=O) groups excluding carboxylic acids is 1. The van der Waals surface area contributed by atoms with Gasteiger partial charge in [0.05, 0.1) is 24.2 Å². The smallest absolute Gasteiger partial charge is 0.267 e. The van der Waals surface area contributed by atoms with Gasteiger partial charge in [0.15, 0.2) is 0 Å². The number of benzene rings is 2. The van der Waals surface area contributed by atoms with Crippen molar-refractivity contribution in [3.63, 3.8) is 0 Å². The molecule has 2 heterocycles. The number of hydrogen-bond acceptors (Lipinski definition) is 4. The Bertz CT molecular complexity index is 1160. The summed E-state index contributed by atoms with van der Waals surface area (Å²) in [5.74, 6) is -0.0746. The molecule has 4 rings (SSSR count). The number of nitrogens with one attached hydrogen (secondary N) is 1. The SMILES string of the molecule is COCc1c(C(=O)Nc2ccnn2Cc2ccc(C)cc2)sc2cccc(F)c12. The first-order valence-corrected chi connectivity index (χ1v) is 9.96. The molecule has 7 heteroatoms. The standard InChI is InChI=1S/C22H20FN3O2S/c1-14-6-8-15(9-7-14)12-26-19(10-11-24-26)25-22(27)21-16(13-28-2)20-17(23)4-3-5-18(20)29-21/h3-11H,12-13H2,1-2H3,(H,25,27). The van der Waals surface area contributed by atoms with Gasteiger partial charge in [-0.05, 0) is 24.6 Å². The molecular formula is C22H20FN3O2S. The van der Waals surface area contributed by atoms with Gasteiger partial charge in [-0.25, -0.2) is 9.07 Å². The van der Waals surface area contributed by atoms with Gasteiger partial charge in [0.2, 0.25) is 0 Å². The number of ether oxygens (including phenoxy) is 1. The number of fused-ring (bicyclic) bond motifs is 1. The number of carbonyl (C=O) groups is 1. The molecule has 0 aliphatic heterocycles. The van der Waals surface area contributed by atoms with Gasteiger partial charge in [0.25, 0.3) is 5.91 Å². The third-order valence-electron chi connectivity index (χ3n) is 4.67. The summed E-state index contributed by atoms with van der Waals surface area (Å²) in [4.78, 5) is 13.5. The number of hydrogen-bond donors (Lipinski definition) is 1. The lowest BCUT2D eigenvalue weighted by atomic mass is 10.1. The van der Waals surface area contributed by atoms with Crippen molar-refractivity contribution in [1.29, 1.82) is 0 Å². The first-order valence-electron chi connectivity index (χ1n) is 9.14. The molecule has 2 aromatic carbocycles. The second kappa shape index (κ2) is 8.14. The zero-order valence-corrected chi connectivity index (χ0v) is 16.9. The van der Waals surface area contributed by atoms with E-state index in [1.54, 1.807) is 29.1 Å². The maximum absolute atomic E-state index is 14.4. The van der Waals surface area contributed by atoms with E-state index in [2.05, 4.69) is 10.4 Å². The van der Waals surface area contributed by atoms with Crippen LogP contribution in [-0.2, 0) is 17.9 Å². The minimum atomic E-state index is -0.353. The molecule has 0 aliphatic rings. The number of rotatable bonds is 6. The fourth-order valence-corrected chi connectivity index (χ4v) is 4.35. The quantitative estimate of drug-likeness (QED) is 0.488. The van der Waals surface area contributed by atoms with Crippen molar-refractivity contribution in [3.05, 3.63) is 82.1 Å². The molecule has 5 nitrogen and oxygen atoms in total. The second-order valence-electron chi connectivity index (χ2n) is 6.77. The first-order chi connectivity index (χ1) is 14.1. The first kappa shape index (κ1) is 19.3. The Balaban J connectivity index is 1.62. The topological polar surface area (TPSA) is 56.1 Å². The third kappa shape index (κ3) is 3.92. The predicted molar refractivity (Wildman–Crippen MR) is 113 cm³/mol. The number of aryl methyl sites for hydroxylation is 1. The zero-order valence-electron chi connectivity index (χ0n) is 16.1. The molecule has 0 fully saturated rings. The Morgan fingerprint density at radius 2 is 2.00 bits per heavy atom. The molecule has 0 radical (unpaired) electrons. The summed E-state index contributed by atoms with van der Waals surface area (Å²) < 4.78 is 22.0. The highest BCUT2D eigenvalue weighted by atomic mass is 32.1. The van der Waals surface area contributed by atoms with E-state index in [1.165, 1.54) is 30.1 Å². The van der Waals surface area contributed by atoms with Crippen molar-refractivity contribution >= 4 is 33.1 Å². The number of aromatic nitrogens is 2. The van der Waals surface area contributed by atoms with Crippen LogP contribution in [0.4, 0.5) is 10.2 Å². The van der Waals surface area contributed by atoms with Crippen LogP contribution in [0.3, 0.4) is 0 Å². The van der Waals surface area contributed by atoms with Gasteiger partial charge in [-0.1, -0.05) is 35.9 Å². The lowest BCUT2D eigenvalue weighted by Crippen LogP contribution is -2.16. The van der Waals surface area contributed by atoms with Crippen LogP contribution >= 0.6 is 11.3 Å². The van der Waals surface area contributed by atoms with E-state index in [4.69, 9.17) is 4.74 Å². The number of nitrogens with zero attached hydrogens (tertiary/aromatic N) is 2. The highest BCUT2D eigenvalue weighted by Gasteiger charge is 2.21. The van der Waals surface area contributed by atoms with Crippen molar-refractivity contribution in [3.8, 4) is 0 Å². The van der Waals surface area contributed by atoms with Gasteiger partial charge in [-0.3, -0.25) is 4.79 Å². The number of amides is 1. The predicted octanol–water partition coefficient (Wildman–Crippen LogP) is 4.99. The highest BCUT2D eigenvalue weighted by Crippen LogP contribution is 2.34. The van der Waals surface area contributed by atoms with Crippen molar-refractivity contribution in [1.82, 2.24) is 9.78 Å². The van der Waals surface area contributed by atoms with Crippen molar-refractivity contribution in [2.75, 3.05) is 12.4 Å². The molecule has 2 aromatic heterocycles. The van der Waals surface area contributed by atoms with E-state index in [1.807, 2.05) is 31.2 Å². The fraction of sp³-hybridized carbons (Fsp3) is 0.182. The van der Waals surface area contributed by atoms with E-state index >= 15 is 0 Å². The number of thiophene rings is 1. The van der Waals surface area contributed by atoms with Crippen molar-refractivity contribution in [2.24, 2.45) is 0 Å². The van der Waals surface area contributed by atoms with E-state index in [0.717, 1.165) is 10.3 Å². The lowest BCUT2D eigenvalue weighted by molar-refractivity contribution is 0.102. The molecule has 0 saturated carbocycles. The van der Waals surface area contributed by atoms with Crippen LogP contribution in [0.2, 0.25) is 0 Å². The number of methoxy groups -OCH3 is 1. The summed E-state index contributed by atoms with van der Waals surface area (Å²) >= 11 is 1.26. The Labute approximate surface area is 171 Å². The summed E-state index contributed by atoms with van der Waals surface area (Å²) in [6, 6.07) is 14.7. The van der Waals surface area contributed by atoms with Gasteiger partial charge in [-0.15, -0.1) is 11.3 Å². The summed E-state index contributed by atoms with van der Waals surface area (Å²) in [5, 5.41) is 7.67. The van der Waals surface area contributed by atoms with E-state index in [-0.39, 0.29) is 18.3 Å². The largest absolute Gasteiger partial charge is 0.380 e. The molecule has 0 saturated heterocycles. The maximum Gasteiger partial charge on any atom is 0.267 e. The second-order valence-corrected chi connectivity index (χ2v) is 7.82. The Hall–Kier alpha value is -3.03. The molecule has 29 heavy (non-hydrogen) atoms. The number of halogens is 1. The third-order valence-corrected chi connectivity index (χ3v) is 5.87. The van der Waals surface area contributed by atoms with Crippen LogP contribution < -0.4 is 5.32 Å². The summed E-state index contributed by atoms with van der Waals surface area (Å²) in [5.41, 5.74) is 2.83. The Morgan fingerprint density at radius 3 is 2.76 bits per heavy atom. The minimum Gasteiger partial charge on any atom is -0.380 e. The molecule has 0 atom stereocenters. The van der Waals surface area contributed by atoms with Crippen molar-refractivity contribution in [2.45, 2.75) is 20.1 Å². The Kier molecular flexibility index (Phi) is 5.42. The Morgan fingerprint density at radius 1 is 1.21 bits per heavy atom. The minimum absolute atomic E-state index is 0.159. The fourth-order valence-electron chi connectivity index (χ4n) is 3.24. The van der Waals surface area contributed by atoms with Crippen LogP contribution in [-0.4, -0.2) is 22.8 Å². The molecule has 0 aliphatic carbocycles. The average molecular weight is 409 g/mol. The van der Waals surface area contributed by atoms with Crippen molar-refractivity contribution < 1.29 is 13.9 Å². The van der Waals surface area contributed by atoms with Gasteiger partial charge < -0.3 is 10.1 Å². The maximum atomic E-state index is 14.4. The molecular weight excluding hydrogens is 389 g/mol. The van der Waals surface area contributed by atoms with E-state index in [0.29, 0.717) is 28.2 Å². The molecule has 148 valence electrons. The van der Waals surface area contributed by atoms with Gasteiger partial charge >= 0.3 is 0 Å². The van der Waals surface area contributed by atoms with Crippen LogP contribution in [0.15, 0.2) is 54.7 Å². The zero-order chi connectivity index (χ0) is 20.4. The molecule has 1 amide bonds. The molecule has 1 N–H and O–H groups in total. The summed E-state index contributed by atoms with van der Waals surface area (Å²) in [6.07, 6.45) is 1.64. The highest BCUT2D eigenvalue weighted by molar-refractivity contribution is 7.21. The van der Waals surface area contributed by atoms with E-state index < -0.39 is 0 Å². The monoisotopic (exact) mass is 409 g/mol. The van der Waals surface area contributed by atoms with Gasteiger partial charge in [0, 0.05) is 28.8 Å². The molecule has 4 aromatic rings. The number of anilines is 1. The normalized spacial score (nSPS) is 11.1. The molecule has 0 bridgehead atoms. The van der Waals surface area contributed by atoms with Gasteiger partial charge in [-0.2, -0.15) is 5.10 Å². The molecule has 0 unspecified atom stereocenters. The van der Waals surface area contributed by atoms with Crippen LogP contribution in [0.1, 0.15) is 26.4 Å².